The third-order valence-electron chi connectivity index (χ3n) is 3.44. The van der Waals surface area contributed by atoms with Crippen molar-refractivity contribution in [1.29, 1.82) is 0 Å². The van der Waals surface area contributed by atoms with Crippen molar-refractivity contribution >= 4 is 0 Å². The fraction of sp³-hybridized carbons (Fsp3) is 0.571. The van der Waals surface area contributed by atoms with Crippen molar-refractivity contribution in [3.05, 3.63) is 35.9 Å². The lowest BCUT2D eigenvalue weighted by Crippen LogP contribution is -2.38. The second-order valence-electron chi connectivity index (χ2n) is 4.77. The summed E-state index contributed by atoms with van der Waals surface area (Å²) in [5.74, 6) is 0.696. The van der Waals surface area contributed by atoms with E-state index in [4.69, 9.17) is 0 Å². The molecule has 3 nitrogen and oxygen atoms in total. The van der Waals surface area contributed by atoms with Gasteiger partial charge in [0.25, 0.3) is 0 Å². The zero-order chi connectivity index (χ0) is 11.9. The number of hydrogen-bond donors (Lipinski definition) is 3. The van der Waals surface area contributed by atoms with Crippen molar-refractivity contribution < 1.29 is 5.11 Å². The highest BCUT2D eigenvalue weighted by molar-refractivity contribution is 5.18. The zero-order valence-electron chi connectivity index (χ0n) is 10.2. The quantitative estimate of drug-likeness (QED) is 0.720. The molecule has 17 heavy (non-hydrogen) atoms. The maximum Gasteiger partial charge on any atom is 0.0626 e. The third-order valence-corrected chi connectivity index (χ3v) is 3.44. The van der Waals surface area contributed by atoms with Gasteiger partial charge in [-0.1, -0.05) is 30.3 Å². The molecule has 1 fully saturated rings. The fourth-order valence-corrected chi connectivity index (χ4v) is 2.38. The minimum Gasteiger partial charge on any atom is -0.394 e. The van der Waals surface area contributed by atoms with Crippen molar-refractivity contribution in [2.75, 3.05) is 26.2 Å². The van der Waals surface area contributed by atoms with Gasteiger partial charge in [-0.05, 0) is 44.0 Å². The Morgan fingerprint density at radius 1 is 1.35 bits per heavy atom. The summed E-state index contributed by atoms with van der Waals surface area (Å²) in [6, 6.07) is 10.2. The minimum atomic E-state index is 0.0677. The van der Waals surface area contributed by atoms with Crippen LogP contribution in [-0.4, -0.2) is 31.3 Å². The Hall–Kier alpha value is -0.900. The lowest BCUT2D eigenvalue weighted by Gasteiger charge is -2.25. The van der Waals surface area contributed by atoms with Crippen LogP contribution in [0.1, 0.15) is 24.4 Å². The lowest BCUT2D eigenvalue weighted by molar-refractivity contribution is 0.233. The van der Waals surface area contributed by atoms with Crippen LogP contribution in [0.5, 0.6) is 0 Å². The van der Waals surface area contributed by atoms with Gasteiger partial charge >= 0.3 is 0 Å². The topological polar surface area (TPSA) is 44.3 Å². The maximum atomic E-state index is 9.43. The van der Waals surface area contributed by atoms with Crippen LogP contribution in [0.25, 0.3) is 0 Å². The number of rotatable bonds is 5. The molecule has 1 aliphatic heterocycles. The molecule has 1 aliphatic rings. The average molecular weight is 234 g/mol. The molecule has 1 saturated heterocycles. The van der Waals surface area contributed by atoms with E-state index in [1.165, 1.54) is 18.4 Å². The molecule has 2 rings (SSSR count). The van der Waals surface area contributed by atoms with Gasteiger partial charge in [0.1, 0.15) is 0 Å². The Balaban J connectivity index is 1.83. The van der Waals surface area contributed by atoms with E-state index >= 15 is 0 Å². The highest BCUT2D eigenvalue weighted by Gasteiger charge is 2.15. The number of aliphatic hydroxyl groups excluding tert-OH is 1. The van der Waals surface area contributed by atoms with Crippen molar-refractivity contribution in [1.82, 2.24) is 10.6 Å². The first kappa shape index (κ1) is 12.6. The molecule has 94 valence electrons. The number of piperidine rings is 1. The number of benzene rings is 1. The molecule has 0 spiro atoms. The molecular weight excluding hydrogens is 212 g/mol. The van der Waals surface area contributed by atoms with Crippen LogP contribution in [0, 0.1) is 5.92 Å². The van der Waals surface area contributed by atoms with Crippen LogP contribution in [0.2, 0.25) is 0 Å². The van der Waals surface area contributed by atoms with E-state index in [1.807, 2.05) is 18.2 Å². The van der Waals surface area contributed by atoms with Gasteiger partial charge in [0.2, 0.25) is 0 Å². The fourth-order valence-electron chi connectivity index (χ4n) is 2.38. The van der Waals surface area contributed by atoms with E-state index in [9.17, 15) is 5.11 Å². The smallest absolute Gasteiger partial charge is 0.0626 e. The van der Waals surface area contributed by atoms with Crippen molar-refractivity contribution in [3.63, 3.8) is 0 Å². The second-order valence-corrected chi connectivity index (χ2v) is 4.77. The molecule has 1 unspecified atom stereocenters. The van der Waals surface area contributed by atoms with Crippen molar-refractivity contribution in [2.45, 2.75) is 18.9 Å². The summed E-state index contributed by atoms with van der Waals surface area (Å²) in [7, 11) is 0. The Kier molecular flexibility index (Phi) is 4.98. The van der Waals surface area contributed by atoms with Gasteiger partial charge < -0.3 is 15.7 Å². The number of hydrogen-bond acceptors (Lipinski definition) is 3. The van der Waals surface area contributed by atoms with Gasteiger partial charge in [-0.3, -0.25) is 0 Å². The molecule has 0 amide bonds. The summed E-state index contributed by atoms with van der Waals surface area (Å²) in [5, 5.41) is 16.3. The van der Waals surface area contributed by atoms with Crippen LogP contribution >= 0.6 is 0 Å². The first-order valence-electron chi connectivity index (χ1n) is 6.50. The molecule has 1 heterocycles. The number of aliphatic hydroxyl groups is 1. The van der Waals surface area contributed by atoms with Crippen LogP contribution in [0.15, 0.2) is 30.3 Å². The van der Waals surface area contributed by atoms with E-state index in [0.717, 1.165) is 19.6 Å². The first-order chi connectivity index (χ1) is 8.40. The minimum absolute atomic E-state index is 0.0677. The van der Waals surface area contributed by atoms with Crippen LogP contribution in [0.3, 0.4) is 0 Å². The first-order valence-corrected chi connectivity index (χ1v) is 6.50. The molecule has 3 heteroatoms. The van der Waals surface area contributed by atoms with Gasteiger partial charge in [-0.25, -0.2) is 0 Å². The summed E-state index contributed by atoms with van der Waals surface area (Å²) in [6.07, 6.45) is 2.55. The molecule has 1 aromatic carbocycles. The Morgan fingerprint density at radius 3 is 2.82 bits per heavy atom. The Labute approximate surface area is 103 Å². The molecule has 2 atom stereocenters. The standard InChI is InChI=1S/C14H22N2O/c17-11-14(13-6-2-1-3-7-13)16-10-12-5-4-8-15-9-12/h1-3,6-7,12,14-17H,4-5,8-11H2/t12?,14-/m1/s1. The molecule has 1 aromatic rings. The Bertz CT molecular complexity index is 309. The molecule has 0 bridgehead atoms. The lowest BCUT2D eigenvalue weighted by atomic mass is 9.98. The van der Waals surface area contributed by atoms with E-state index in [0.29, 0.717) is 5.92 Å². The summed E-state index contributed by atoms with van der Waals surface area (Å²) >= 11 is 0. The van der Waals surface area contributed by atoms with Crippen molar-refractivity contribution in [2.24, 2.45) is 5.92 Å². The van der Waals surface area contributed by atoms with E-state index in [2.05, 4.69) is 22.8 Å². The van der Waals surface area contributed by atoms with Gasteiger partial charge in [0.05, 0.1) is 12.6 Å². The molecule has 0 saturated carbocycles. The van der Waals surface area contributed by atoms with Gasteiger partial charge in [0, 0.05) is 0 Å². The molecular formula is C14H22N2O. The molecule has 0 aromatic heterocycles. The summed E-state index contributed by atoms with van der Waals surface area (Å²) in [4.78, 5) is 0. The highest BCUT2D eigenvalue weighted by atomic mass is 16.3. The SMILES string of the molecule is OC[C@@H](NCC1CCCNC1)c1ccccc1. The average Bonchev–Trinajstić information content (AvgIpc) is 2.42. The van der Waals surface area contributed by atoms with Crippen LogP contribution in [0.4, 0.5) is 0 Å². The van der Waals surface area contributed by atoms with Gasteiger partial charge in [-0.15, -0.1) is 0 Å². The van der Waals surface area contributed by atoms with Gasteiger partial charge in [-0.2, -0.15) is 0 Å². The Morgan fingerprint density at radius 2 is 2.18 bits per heavy atom. The summed E-state index contributed by atoms with van der Waals surface area (Å²) in [6.45, 7) is 3.38. The van der Waals surface area contributed by atoms with E-state index in [1.54, 1.807) is 0 Å². The van der Waals surface area contributed by atoms with E-state index in [-0.39, 0.29) is 12.6 Å². The molecule has 0 radical (unpaired) electrons. The zero-order valence-corrected chi connectivity index (χ0v) is 10.2. The molecule has 0 aliphatic carbocycles. The summed E-state index contributed by atoms with van der Waals surface area (Å²) in [5.41, 5.74) is 1.17. The predicted octanol–water partition coefficient (Wildman–Crippen LogP) is 1.31. The highest BCUT2D eigenvalue weighted by Crippen LogP contribution is 2.14. The second kappa shape index (κ2) is 6.74. The largest absolute Gasteiger partial charge is 0.394 e. The van der Waals surface area contributed by atoms with E-state index < -0.39 is 0 Å². The monoisotopic (exact) mass is 234 g/mol. The van der Waals surface area contributed by atoms with Crippen LogP contribution < -0.4 is 10.6 Å². The van der Waals surface area contributed by atoms with Crippen LogP contribution in [-0.2, 0) is 0 Å². The third kappa shape index (κ3) is 3.80. The maximum absolute atomic E-state index is 9.43. The molecule has 3 N–H and O–H groups in total. The predicted molar refractivity (Wildman–Crippen MR) is 69.9 cm³/mol. The van der Waals surface area contributed by atoms with Gasteiger partial charge in [0.15, 0.2) is 0 Å². The normalized spacial score (nSPS) is 22.3. The van der Waals surface area contributed by atoms with Crippen molar-refractivity contribution in [3.8, 4) is 0 Å². The number of nitrogens with one attached hydrogen (secondary N) is 2. The summed E-state index contributed by atoms with van der Waals surface area (Å²) < 4.78 is 0.